The standard InChI is InChI=1S/C26H27N5O/c1-4-31(5-2)24-17-18(3)27-26(30-24)29-21-15-13-20(14-16-21)28-25(32)23-12-8-10-19-9-6-7-11-22(19)23/h6-17H,4-5H2,1-3H3,(H,28,32)(H,27,29,30). The second-order valence-electron chi connectivity index (χ2n) is 7.55. The zero-order valence-corrected chi connectivity index (χ0v) is 18.6. The third kappa shape index (κ3) is 4.70. The first kappa shape index (κ1) is 21.3. The molecule has 1 heterocycles. The number of carbonyl (C=O) groups excluding carboxylic acids is 1. The van der Waals surface area contributed by atoms with Crippen LogP contribution in [0.15, 0.2) is 72.8 Å². The maximum Gasteiger partial charge on any atom is 0.256 e. The summed E-state index contributed by atoms with van der Waals surface area (Å²) in [5.41, 5.74) is 3.14. The summed E-state index contributed by atoms with van der Waals surface area (Å²) in [5, 5.41) is 8.23. The van der Waals surface area contributed by atoms with Gasteiger partial charge in [-0.05, 0) is 61.9 Å². The van der Waals surface area contributed by atoms with Gasteiger partial charge in [0.05, 0.1) is 0 Å². The van der Waals surface area contributed by atoms with Crippen molar-refractivity contribution in [2.75, 3.05) is 28.6 Å². The van der Waals surface area contributed by atoms with Crippen LogP contribution in [0.5, 0.6) is 0 Å². The lowest BCUT2D eigenvalue weighted by molar-refractivity contribution is 0.102. The molecular formula is C26H27N5O. The molecule has 6 heteroatoms. The molecule has 0 atom stereocenters. The van der Waals surface area contributed by atoms with Gasteiger partial charge in [-0.2, -0.15) is 4.98 Å². The highest BCUT2D eigenvalue weighted by Crippen LogP contribution is 2.22. The Morgan fingerprint density at radius 2 is 1.56 bits per heavy atom. The molecule has 0 radical (unpaired) electrons. The van der Waals surface area contributed by atoms with Gasteiger partial charge in [0.25, 0.3) is 5.91 Å². The molecule has 0 aliphatic carbocycles. The quantitative estimate of drug-likeness (QED) is 0.393. The number of fused-ring (bicyclic) bond motifs is 1. The molecule has 0 saturated carbocycles. The average molecular weight is 426 g/mol. The lowest BCUT2D eigenvalue weighted by atomic mass is 10.0. The van der Waals surface area contributed by atoms with E-state index in [1.54, 1.807) is 0 Å². The summed E-state index contributed by atoms with van der Waals surface area (Å²) in [6, 6.07) is 23.2. The Morgan fingerprint density at radius 1 is 0.875 bits per heavy atom. The van der Waals surface area contributed by atoms with E-state index in [9.17, 15) is 4.79 Å². The van der Waals surface area contributed by atoms with Crippen LogP contribution in [0.25, 0.3) is 10.8 Å². The maximum absolute atomic E-state index is 12.8. The van der Waals surface area contributed by atoms with Gasteiger partial charge in [0.1, 0.15) is 5.82 Å². The van der Waals surface area contributed by atoms with Gasteiger partial charge in [0.15, 0.2) is 0 Å². The normalized spacial score (nSPS) is 10.7. The molecule has 0 spiro atoms. The first-order valence-electron chi connectivity index (χ1n) is 10.8. The fraction of sp³-hybridized carbons (Fsp3) is 0.192. The fourth-order valence-electron chi connectivity index (χ4n) is 3.71. The molecule has 4 aromatic rings. The van der Waals surface area contributed by atoms with Gasteiger partial charge in [-0.3, -0.25) is 4.79 Å². The van der Waals surface area contributed by atoms with E-state index in [-0.39, 0.29) is 5.91 Å². The zero-order chi connectivity index (χ0) is 22.5. The second kappa shape index (κ2) is 9.47. The van der Waals surface area contributed by atoms with E-state index >= 15 is 0 Å². The van der Waals surface area contributed by atoms with Crippen LogP contribution in [0, 0.1) is 6.92 Å². The minimum absolute atomic E-state index is 0.131. The molecule has 6 nitrogen and oxygen atoms in total. The van der Waals surface area contributed by atoms with E-state index in [0.29, 0.717) is 11.5 Å². The molecule has 1 amide bonds. The molecule has 0 unspecified atom stereocenters. The lowest BCUT2D eigenvalue weighted by Gasteiger charge is -2.20. The monoisotopic (exact) mass is 425 g/mol. The van der Waals surface area contributed by atoms with Crippen LogP contribution >= 0.6 is 0 Å². The molecule has 0 aliphatic rings. The Morgan fingerprint density at radius 3 is 2.31 bits per heavy atom. The third-order valence-electron chi connectivity index (χ3n) is 5.36. The van der Waals surface area contributed by atoms with E-state index in [4.69, 9.17) is 0 Å². The topological polar surface area (TPSA) is 70.2 Å². The van der Waals surface area contributed by atoms with Gasteiger partial charge >= 0.3 is 0 Å². The Kier molecular flexibility index (Phi) is 6.31. The Hall–Kier alpha value is -3.93. The van der Waals surface area contributed by atoms with Crippen LogP contribution in [-0.4, -0.2) is 29.0 Å². The van der Waals surface area contributed by atoms with Gasteiger partial charge in [0, 0.05) is 41.8 Å². The van der Waals surface area contributed by atoms with Crippen molar-refractivity contribution in [1.82, 2.24) is 9.97 Å². The van der Waals surface area contributed by atoms with Crippen molar-refractivity contribution in [3.8, 4) is 0 Å². The number of benzene rings is 3. The van der Waals surface area contributed by atoms with Crippen molar-refractivity contribution in [1.29, 1.82) is 0 Å². The molecule has 0 saturated heterocycles. The molecule has 0 fully saturated rings. The number of aryl methyl sites for hydroxylation is 1. The highest BCUT2D eigenvalue weighted by Gasteiger charge is 2.11. The minimum atomic E-state index is -0.131. The number of aromatic nitrogens is 2. The summed E-state index contributed by atoms with van der Waals surface area (Å²) in [4.78, 5) is 24.2. The number of amides is 1. The lowest BCUT2D eigenvalue weighted by Crippen LogP contribution is -2.23. The van der Waals surface area contributed by atoms with E-state index < -0.39 is 0 Å². The number of hydrogen-bond donors (Lipinski definition) is 2. The molecule has 32 heavy (non-hydrogen) atoms. The molecule has 0 aliphatic heterocycles. The Bertz CT molecular complexity index is 1230. The van der Waals surface area contributed by atoms with Crippen LogP contribution in [0.1, 0.15) is 29.9 Å². The highest BCUT2D eigenvalue weighted by molar-refractivity contribution is 6.12. The summed E-state index contributed by atoms with van der Waals surface area (Å²) >= 11 is 0. The van der Waals surface area contributed by atoms with Gasteiger partial charge in [-0.1, -0.05) is 36.4 Å². The first-order chi connectivity index (χ1) is 15.6. The van der Waals surface area contributed by atoms with Gasteiger partial charge < -0.3 is 15.5 Å². The van der Waals surface area contributed by atoms with E-state index in [1.165, 1.54) is 0 Å². The van der Waals surface area contributed by atoms with Crippen molar-refractivity contribution in [3.63, 3.8) is 0 Å². The molecule has 4 rings (SSSR count). The average Bonchev–Trinajstić information content (AvgIpc) is 2.80. The van der Waals surface area contributed by atoms with Crippen molar-refractivity contribution < 1.29 is 4.79 Å². The number of anilines is 4. The van der Waals surface area contributed by atoms with E-state index in [2.05, 4.69) is 39.3 Å². The predicted molar refractivity (Wildman–Crippen MR) is 132 cm³/mol. The van der Waals surface area contributed by atoms with Crippen molar-refractivity contribution in [2.24, 2.45) is 0 Å². The van der Waals surface area contributed by atoms with Crippen LogP contribution in [0.4, 0.5) is 23.1 Å². The van der Waals surface area contributed by atoms with Crippen LogP contribution in [0.3, 0.4) is 0 Å². The smallest absolute Gasteiger partial charge is 0.256 e. The third-order valence-corrected chi connectivity index (χ3v) is 5.36. The highest BCUT2D eigenvalue weighted by atomic mass is 16.1. The Labute approximate surface area is 188 Å². The largest absolute Gasteiger partial charge is 0.357 e. The summed E-state index contributed by atoms with van der Waals surface area (Å²) in [6.07, 6.45) is 0. The summed E-state index contributed by atoms with van der Waals surface area (Å²) in [7, 11) is 0. The summed E-state index contributed by atoms with van der Waals surface area (Å²) in [6.45, 7) is 7.96. The maximum atomic E-state index is 12.8. The van der Waals surface area contributed by atoms with Crippen LogP contribution in [0.2, 0.25) is 0 Å². The fourth-order valence-corrected chi connectivity index (χ4v) is 3.71. The second-order valence-corrected chi connectivity index (χ2v) is 7.55. The number of hydrogen-bond acceptors (Lipinski definition) is 5. The molecule has 3 aromatic carbocycles. The SMILES string of the molecule is CCN(CC)c1cc(C)nc(Nc2ccc(NC(=O)c3cccc4ccccc34)cc2)n1. The van der Waals surface area contributed by atoms with E-state index in [0.717, 1.165) is 46.7 Å². The first-order valence-corrected chi connectivity index (χ1v) is 10.8. The van der Waals surface area contributed by atoms with Crippen LogP contribution < -0.4 is 15.5 Å². The molecular weight excluding hydrogens is 398 g/mol. The number of nitrogens with zero attached hydrogens (tertiary/aromatic N) is 3. The molecule has 162 valence electrons. The van der Waals surface area contributed by atoms with Crippen molar-refractivity contribution in [2.45, 2.75) is 20.8 Å². The molecule has 0 bridgehead atoms. The molecule has 2 N–H and O–H groups in total. The number of rotatable bonds is 7. The predicted octanol–water partition coefficient (Wildman–Crippen LogP) is 5.78. The van der Waals surface area contributed by atoms with Gasteiger partial charge in [-0.15, -0.1) is 0 Å². The van der Waals surface area contributed by atoms with Gasteiger partial charge in [-0.25, -0.2) is 4.98 Å². The van der Waals surface area contributed by atoms with Crippen molar-refractivity contribution >= 4 is 39.8 Å². The molecule has 1 aromatic heterocycles. The summed E-state index contributed by atoms with van der Waals surface area (Å²) < 4.78 is 0. The van der Waals surface area contributed by atoms with E-state index in [1.807, 2.05) is 79.7 Å². The minimum Gasteiger partial charge on any atom is -0.357 e. The zero-order valence-electron chi connectivity index (χ0n) is 18.6. The number of carbonyl (C=O) groups is 1. The number of nitrogens with one attached hydrogen (secondary N) is 2. The van der Waals surface area contributed by atoms with Gasteiger partial charge in [0.2, 0.25) is 5.95 Å². The van der Waals surface area contributed by atoms with Crippen molar-refractivity contribution in [3.05, 3.63) is 84.1 Å². The Balaban J connectivity index is 1.48. The summed E-state index contributed by atoms with van der Waals surface area (Å²) in [5.74, 6) is 1.33. The van der Waals surface area contributed by atoms with Crippen LogP contribution in [-0.2, 0) is 0 Å².